The highest BCUT2D eigenvalue weighted by molar-refractivity contribution is 5.90. The number of aromatic nitrogens is 4. The molecule has 0 radical (unpaired) electrons. The highest BCUT2D eigenvalue weighted by Gasteiger charge is 2.24. The summed E-state index contributed by atoms with van der Waals surface area (Å²) < 4.78 is 1.52. The van der Waals surface area contributed by atoms with Gasteiger partial charge >= 0.3 is 5.69 Å². The molecule has 2 aromatic heterocycles. The highest BCUT2D eigenvalue weighted by atomic mass is 16.1. The van der Waals surface area contributed by atoms with Crippen LogP contribution in [-0.2, 0) is 0 Å². The molecule has 22 heavy (non-hydrogen) atoms. The second-order valence-electron chi connectivity index (χ2n) is 5.44. The molecule has 4 rings (SSSR count). The first kappa shape index (κ1) is 12.9. The van der Waals surface area contributed by atoms with Crippen LogP contribution in [0, 0.1) is 0 Å². The molecule has 1 saturated carbocycles. The highest BCUT2D eigenvalue weighted by Crippen LogP contribution is 2.41. The summed E-state index contributed by atoms with van der Waals surface area (Å²) in [6.07, 6.45) is 7.16. The first-order valence-corrected chi connectivity index (χ1v) is 7.29. The summed E-state index contributed by atoms with van der Waals surface area (Å²) in [5, 5.41) is 3.89. The van der Waals surface area contributed by atoms with Gasteiger partial charge in [-0.15, -0.1) is 0 Å². The average Bonchev–Trinajstić information content (AvgIpc) is 3.39. The standard InChI is InChI=1S/C16H15N5O/c1-17-15-12-5-4-11(10-2-3-10)8-13(12)21(16(22)20-15)14-9-18-6-7-19-14/h4-10H,2-3H2,1H3,(H,17,20,22). The minimum absolute atomic E-state index is 0.356. The maximum Gasteiger partial charge on any atom is 0.355 e. The first-order chi connectivity index (χ1) is 10.8. The van der Waals surface area contributed by atoms with Gasteiger partial charge in [0.2, 0.25) is 0 Å². The van der Waals surface area contributed by atoms with Crippen molar-refractivity contribution < 1.29 is 0 Å². The Kier molecular flexibility index (Phi) is 2.89. The van der Waals surface area contributed by atoms with Crippen molar-refractivity contribution in [2.45, 2.75) is 18.8 Å². The Morgan fingerprint density at radius 3 is 2.82 bits per heavy atom. The predicted octanol–water partition coefficient (Wildman–Crippen LogP) is 2.09. The van der Waals surface area contributed by atoms with E-state index in [1.807, 2.05) is 6.07 Å². The molecular formula is C16H15N5O. The topological polar surface area (TPSA) is 72.7 Å². The number of anilines is 1. The van der Waals surface area contributed by atoms with Crippen LogP contribution in [0.1, 0.15) is 24.3 Å². The van der Waals surface area contributed by atoms with Gasteiger partial charge in [-0.25, -0.2) is 14.3 Å². The molecule has 1 aliphatic rings. The molecule has 6 nitrogen and oxygen atoms in total. The Balaban J connectivity index is 2.07. The number of hydrogen-bond donors (Lipinski definition) is 1. The Morgan fingerprint density at radius 2 is 2.14 bits per heavy atom. The molecule has 6 heteroatoms. The summed E-state index contributed by atoms with van der Waals surface area (Å²) >= 11 is 0. The van der Waals surface area contributed by atoms with Crippen molar-refractivity contribution in [1.29, 1.82) is 0 Å². The lowest BCUT2D eigenvalue weighted by atomic mass is 10.1. The molecule has 3 aromatic rings. The molecular weight excluding hydrogens is 278 g/mol. The van der Waals surface area contributed by atoms with Gasteiger partial charge in [-0.2, -0.15) is 4.98 Å². The fourth-order valence-corrected chi connectivity index (χ4v) is 2.73. The van der Waals surface area contributed by atoms with Gasteiger partial charge in [-0.05, 0) is 36.5 Å². The summed E-state index contributed by atoms with van der Waals surface area (Å²) in [5.41, 5.74) is 1.72. The lowest BCUT2D eigenvalue weighted by Gasteiger charge is -2.12. The third-order valence-electron chi connectivity index (χ3n) is 3.98. The van der Waals surface area contributed by atoms with E-state index in [-0.39, 0.29) is 5.69 Å². The largest absolute Gasteiger partial charge is 0.372 e. The Labute approximate surface area is 126 Å². The lowest BCUT2D eigenvalue weighted by molar-refractivity contribution is 0.910. The van der Waals surface area contributed by atoms with Crippen LogP contribution in [0.3, 0.4) is 0 Å². The van der Waals surface area contributed by atoms with E-state index < -0.39 is 0 Å². The zero-order chi connectivity index (χ0) is 15.1. The van der Waals surface area contributed by atoms with E-state index in [2.05, 4.69) is 32.4 Å². The third kappa shape index (κ3) is 2.04. The molecule has 0 saturated heterocycles. The minimum atomic E-state index is -0.356. The Morgan fingerprint density at radius 1 is 1.27 bits per heavy atom. The van der Waals surface area contributed by atoms with Crippen molar-refractivity contribution in [3.8, 4) is 5.82 Å². The van der Waals surface area contributed by atoms with Crippen LogP contribution in [0.2, 0.25) is 0 Å². The second kappa shape index (κ2) is 4.91. The van der Waals surface area contributed by atoms with Crippen molar-refractivity contribution in [1.82, 2.24) is 19.5 Å². The number of benzene rings is 1. The van der Waals surface area contributed by atoms with Gasteiger partial charge in [0.05, 0.1) is 11.7 Å². The zero-order valence-corrected chi connectivity index (χ0v) is 12.2. The molecule has 0 spiro atoms. The van der Waals surface area contributed by atoms with Gasteiger partial charge < -0.3 is 5.32 Å². The quantitative estimate of drug-likeness (QED) is 0.800. The van der Waals surface area contributed by atoms with E-state index in [0.717, 1.165) is 10.9 Å². The van der Waals surface area contributed by atoms with Gasteiger partial charge in [-0.3, -0.25) is 4.98 Å². The van der Waals surface area contributed by atoms with Crippen LogP contribution in [0.15, 0.2) is 41.6 Å². The molecule has 110 valence electrons. The molecule has 1 aromatic carbocycles. The van der Waals surface area contributed by atoms with Crippen molar-refractivity contribution in [2.24, 2.45) is 0 Å². The first-order valence-electron chi connectivity index (χ1n) is 7.29. The van der Waals surface area contributed by atoms with E-state index in [9.17, 15) is 4.79 Å². The van der Waals surface area contributed by atoms with Crippen LogP contribution in [0.4, 0.5) is 5.82 Å². The summed E-state index contributed by atoms with van der Waals surface area (Å²) in [6.45, 7) is 0. The van der Waals surface area contributed by atoms with E-state index in [1.165, 1.54) is 23.0 Å². The summed E-state index contributed by atoms with van der Waals surface area (Å²) in [5.74, 6) is 1.68. The van der Waals surface area contributed by atoms with Gasteiger partial charge in [0.15, 0.2) is 5.82 Å². The summed E-state index contributed by atoms with van der Waals surface area (Å²) in [6, 6.07) is 6.22. The molecule has 1 aliphatic carbocycles. The fraction of sp³-hybridized carbons (Fsp3) is 0.250. The van der Waals surface area contributed by atoms with Crippen molar-refractivity contribution >= 4 is 16.7 Å². The lowest BCUT2D eigenvalue weighted by Crippen LogP contribution is -2.24. The SMILES string of the molecule is CNc1nc(=O)n(-c2cnccn2)c2cc(C3CC3)ccc12. The Bertz CT molecular complexity index is 900. The molecule has 0 unspecified atom stereocenters. The molecule has 1 fully saturated rings. The maximum absolute atomic E-state index is 12.5. The molecule has 0 bridgehead atoms. The third-order valence-corrected chi connectivity index (χ3v) is 3.98. The smallest absolute Gasteiger partial charge is 0.355 e. The average molecular weight is 293 g/mol. The Hall–Kier alpha value is -2.76. The van der Waals surface area contributed by atoms with Crippen molar-refractivity contribution in [3.63, 3.8) is 0 Å². The predicted molar refractivity (Wildman–Crippen MR) is 84.5 cm³/mol. The van der Waals surface area contributed by atoms with Crippen LogP contribution < -0.4 is 11.0 Å². The van der Waals surface area contributed by atoms with Gasteiger partial charge in [0.1, 0.15) is 5.82 Å². The van der Waals surface area contributed by atoms with Crippen molar-refractivity contribution in [2.75, 3.05) is 12.4 Å². The molecule has 0 aliphatic heterocycles. The van der Waals surface area contributed by atoms with Gasteiger partial charge in [0, 0.05) is 24.8 Å². The molecule has 0 amide bonds. The monoisotopic (exact) mass is 293 g/mol. The van der Waals surface area contributed by atoms with E-state index in [1.54, 1.807) is 25.6 Å². The van der Waals surface area contributed by atoms with Crippen LogP contribution >= 0.6 is 0 Å². The summed E-state index contributed by atoms with van der Waals surface area (Å²) in [4.78, 5) is 24.9. The normalized spacial score (nSPS) is 14.2. The number of rotatable bonds is 3. The van der Waals surface area contributed by atoms with Crippen LogP contribution in [-0.4, -0.2) is 26.6 Å². The van der Waals surface area contributed by atoms with E-state index in [4.69, 9.17) is 0 Å². The molecule has 0 atom stereocenters. The van der Waals surface area contributed by atoms with Crippen LogP contribution in [0.25, 0.3) is 16.7 Å². The maximum atomic E-state index is 12.5. The fourth-order valence-electron chi connectivity index (χ4n) is 2.73. The zero-order valence-electron chi connectivity index (χ0n) is 12.2. The number of fused-ring (bicyclic) bond motifs is 1. The molecule has 2 heterocycles. The number of nitrogens with zero attached hydrogens (tertiary/aromatic N) is 4. The van der Waals surface area contributed by atoms with E-state index in [0.29, 0.717) is 17.6 Å². The van der Waals surface area contributed by atoms with Gasteiger partial charge in [0.25, 0.3) is 0 Å². The van der Waals surface area contributed by atoms with Crippen molar-refractivity contribution in [3.05, 3.63) is 52.8 Å². The number of nitrogens with one attached hydrogen (secondary N) is 1. The second-order valence-corrected chi connectivity index (χ2v) is 5.44. The van der Waals surface area contributed by atoms with Gasteiger partial charge in [-0.1, -0.05) is 6.07 Å². The summed E-state index contributed by atoms with van der Waals surface area (Å²) in [7, 11) is 1.77. The van der Waals surface area contributed by atoms with Crippen LogP contribution in [0.5, 0.6) is 0 Å². The molecule has 1 N–H and O–H groups in total. The minimum Gasteiger partial charge on any atom is -0.372 e. The van der Waals surface area contributed by atoms with E-state index >= 15 is 0 Å². The number of hydrogen-bond acceptors (Lipinski definition) is 5.